The van der Waals surface area contributed by atoms with Crippen LogP contribution in [-0.4, -0.2) is 16.2 Å². The average Bonchev–Trinajstić information content (AvgIpc) is 2.11. The predicted octanol–water partition coefficient (Wildman–Crippen LogP) is 2.42. The summed E-state index contributed by atoms with van der Waals surface area (Å²) in [4.78, 5) is 10.6. The van der Waals surface area contributed by atoms with Gasteiger partial charge < -0.3 is 10.2 Å². The number of rotatable bonds is 3. The van der Waals surface area contributed by atoms with Crippen LogP contribution in [0.2, 0.25) is 0 Å². The molecule has 2 N–H and O–H groups in total. The van der Waals surface area contributed by atoms with Crippen LogP contribution >= 0.6 is 0 Å². The smallest absolute Gasteiger partial charge is 0.304 e. The number of aromatic hydroxyl groups is 1. The van der Waals surface area contributed by atoms with Crippen LogP contribution in [0, 0.1) is 11.6 Å². The van der Waals surface area contributed by atoms with E-state index >= 15 is 0 Å². The first-order chi connectivity index (χ1) is 7.25. The van der Waals surface area contributed by atoms with Gasteiger partial charge >= 0.3 is 5.97 Å². The van der Waals surface area contributed by atoms with Gasteiger partial charge in [-0.05, 0) is 11.6 Å². The van der Waals surface area contributed by atoms with E-state index in [-0.39, 0.29) is 12.0 Å². The summed E-state index contributed by atoms with van der Waals surface area (Å²) in [7, 11) is 0. The molecule has 0 atom stereocenters. The Bertz CT molecular complexity index is 427. The first-order valence-corrected chi connectivity index (χ1v) is 4.65. The van der Waals surface area contributed by atoms with Crippen molar-refractivity contribution in [3.05, 3.63) is 29.3 Å². The monoisotopic (exact) mass is 230 g/mol. The number of phenols is 1. The van der Waals surface area contributed by atoms with Crippen molar-refractivity contribution in [1.29, 1.82) is 0 Å². The highest BCUT2D eigenvalue weighted by Gasteiger charge is 2.29. The van der Waals surface area contributed by atoms with Gasteiger partial charge in [0.05, 0.1) is 6.42 Å². The van der Waals surface area contributed by atoms with Gasteiger partial charge in [-0.2, -0.15) is 0 Å². The first-order valence-electron chi connectivity index (χ1n) is 4.65. The molecule has 0 fully saturated rings. The van der Waals surface area contributed by atoms with Crippen molar-refractivity contribution in [2.45, 2.75) is 25.7 Å². The van der Waals surface area contributed by atoms with Crippen molar-refractivity contribution in [3.8, 4) is 5.75 Å². The Morgan fingerprint density at radius 3 is 2.44 bits per heavy atom. The fourth-order valence-electron chi connectivity index (χ4n) is 1.54. The molecule has 0 spiro atoms. The summed E-state index contributed by atoms with van der Waals surface area (Å²) < 4.78 is 26.3. The fraction of sp³-hybridized carbons (Fsp3) is 0.364. The van der Waals surface area contributed by atoms with E-state index in [9.17, 15) is 13.6 Å². The molecule has 0 aliphatic heterocycles. The number of carboxylic acids is 1. The molecule has 0 saturated heterocycles. The second kappa shape index (κ2) is 4.08. The molecule has 1 aromatic rings. The number of hydrogen-bond donors (Lipinski definition) is 2. The maximum absolute atomic E-state index is 13.5. The molecule has 88 valence electrons. The Hall–Kier alpha value is -1.65. The zero-order valence-electron chi connectivity index (χ0n) is 8.92. The number of carboxylic acid groups (broad SMARTS) is 1. The average molecular weight is 230 g/mol. The van der Waals surface area contributed by atoms with Crippen molar-refractivity contribution in [1.82, 2.24) is 0 Å². The molecule has 1 aromatic carbocycles. The third-order valence-electron chi connectivity index (χ3n) is 2.39. The first kappa shape index (κ1) is 12.4. The van der Waals surface area contributed by atoms with Crippen LogP contribution in [0.5, 0.6) is 5.75 Å². The van der Waals surface area contributed by atoms with E-state index in [0.29, 0.717) is 0 Å². The summed E-state index contributed by atoms with van der Waals surface area (Å²) >= 11 is 0. The largest absolute Gasteiger partial charge is 0.503 e. The van der Waals surface area contributed by atoms with Crippen molar-refractivity contribution >= 4 is 5.97 Å². The molecule has 0 aromatic heterocycles. The van der Waals surface area contributed by atoms with Gasteiger partial charge in [0.2, 0.25) is 0 Å². The van der Waals surface area contributed by atoms with Gasteiger partial charge in [0.25, 0.3) is 0 Å². The molecule has 0 unspecified atom stereocenters. The molecule has 5 heteroatoms. The summed E-state index contributed by atoms with van der Waals surface area (Å²) in [5.74, 6) is -4.33. The molecular weight excluding hydrogens is 218 g/mol. The van der Waals surface area contributed by atoms with Crippen LogP contribution in [0.3, 0.4) is 0 Å². The van der Waals surface area contributed by atoms with E-state index in [1.54, 1.807) is 0 Å². The quantitative estimate of drug-likeness (QED) is 0.838. The Morgan fingerprint density at radius 1 is 1.38 bits per heavy atom. The fourth-order valence-corrected chi connectivity index (χ4v) is 1.54. The summed E-state index contributed by atoms with van der Waals surface area (Å²) in [6.45, 7) is 3.02. The van der Waals surface area contributed by atoms with Gasteiger partial charge in [0, 0.05) is 5.41 Å². The zero-order chi connectivity index (χ0) is 12.5. The molecule has 16 heavy (non-hydrogen) atoms. The van der Waals surface area contributed by atoms with E-state index in [4.69, 9.17) is 10.2 Å². The minimum atomic E-state index is -1.11. The lowest BCUT2D eigenvalue weighted by Gasteiger charge is -2.23. The van der Waals surface area contributed by atoms with Gasteiger partial charge in [0.1, 0.15) is 0 Å². The van der Waals surface area contributed by atoms with Gasteiger partial charge in [-0.15, -0.1) is 0 Å². The molecule has 0 aliphatic carbocycles. The van der Waals surface area contributed by atoms with Crippen LogP contribution in [0.15, 0.2) is 12.1 Å². The van der Waals surface area contributed by atoms with Gasteiger partial charge in [-0.3, -0.25) is 4.79 Å². The van der Waals surface area contributed by atoms with Crippen LogP contribution in [0.25, 0.3) is 0 Å². The van der Waals surface area contributed by atoms with Crippen LogP contribution in [-0.2, 0) is 10.2 Å². The highest BCUT2D eigenvalue weighted by Crippen LogP contribution is 2.33. The topological polar surface area (TPSA) is 57.5 Å². The maximum Gasteiger partial charge on any atom is 0.304 e. The molecule has 0 amide bonds. The lowest BCUT2D eigenvalue weighted by atomic mass is 9.81. The second-order valence-corrected chi connectivity index (χ2v) is 4.21. The Morgan fingerprint density at radius 2 is 1.94 bits per heavy atom. The van der Waals surface area contributed by atoms with Gasteiger partial charge in [0.15, 0.2) is 17.4 Å². The number of benzene rings is 1. The van der Waals surface area contributed by atoms with E-state index in [1.165, 1.54) is 13.8 Å². The highest BCUT2D eigenvalue weighted by molar-refractivity contribution is 5.69. The minimum absolute atomic E-state index is 0.0196. The van der Waals surface area contributed by atoms with E-state index in [2.05, 4.69) is 0 Å². The van der Waals surface area contributed by atoms with E-state index in [1.807, 2.05) is 0 Å². The second-order valence-electron chi connectivity index (χ2n) is 4.21. The number of halogens is 2. The van der Waals surface area contributed by atoms with Crippen molar-refractivity contribution < 1.29 is 23.8 Å². The van der Waals surface area contributed by atoms with Crippen molar-refractivity contribution in [3.63, 3.8) is 0 Å². The minimum Gasteiger partial charge on any atom is -0.503 e. The molecule has 0 bridgehead atoms. The zero-order valence-corrected chi connectivity index (χ0v) is 8.92. The Kier molecular flexibility index (Phi) is 3.16. The molecule has 0 aliphatic rings. The number of hydrogen-bond acceptors (Lipinski definition) is 2. The summed E-state index contributed by atoms with van der Waals surface area (Å²) in [5.41, 5.74) is -1.03. The van der Waals surface area contributed by atoms with Crippen LogP contribution < -0.4 is 0 Å². The van der Waals surface area contributed by atoms with Crippen molar-refractivity contribution in [2.24, 2.45) is 0 Å². The van der Waals surface area contributed by atoms with Gasteiger partial charge in [-0.25, -0.2) is 8.78 Å². The molecule has 1 rings (SSSR count). The molecular formula is C11H12F2O3. The SMILES string of the molecule is CC(C)(CC(=O)O)c1ccc(F)c(O)c1F. The summed E-state index contributed by atoms with van der Waals surface area (Å²) in [5, 5.41) is 17.8. The van der Waals surface area contributed by atoms with E-state index in [0.717, 1.165) is 12.1 Å². The summed E-state index contributed by atoms with van der Waals surface area (Å²) in [6.07, 6.45) is -0.311. The van der Waals surface area contributed by atoms with Crippen LogP contribution in [0.4, 0.5) is 8.78 Å². The maximum atomic E-state index is 13.5. The molecule has 3 nitrogen and oxygen atoms in total. The van der Waals surface area contributed by atoms with Crippen LogP contribution in [0.1, 0.15) is 25.8 Å². The highest BCUT2D eigenvalue weighted by atomic mass is 19.1. The Balaban J connectivity index is 3.23. The number of aliphatic carboxylic acids is 1. The Labute approximate surface area is 91.3 Å². The van der Waals surface area contributed by atoms with Crippen molar-refractivity contribution in [2.75, 3.05) is 0 Å². The standard InChI is InChI=1S/C11H12F2O3/c1-11(2,5-8(14)15)6-3-4-7(12)10(16)9(6)13/h3-4,16H,5H2,1-2H3,(H,14,15). The lowest BCUT2D eigenvalue weighted by Crippen LogP contribution is -2.23. The molecule has 0 radical (unpaired) electrons. The molecule has 0 heterocycles. The normalized spacial score (nSPS) is 11.5. The third kappa shape index (κ3) is 2.29. The summed E-state index contributed by atoms with van der Waals surface area (Å²) in [6, 6.07) is 2.06. The van der Waals surface area contributed by atoms with Gasteiger partial charge in [-0.1, -0.05) is 19.9 Å². The lowest BCUT2D eigenvalue weighted by molar-refractivity contribution is -0.138. The van der Waals surface area contributed by atoms with E-state index < -0.39 is 28.8 Å². The number of phenolic OH excluding ortho intramolecular Hbond substituents is 1. The third-order valence-corrected chi connectivity index (χ3v) is 2.39. The number of carbonyl (C=O) groups is 1. The predicted molar refractivity (Wildman–Crippen MR) is 53.3 cm³/mol. The molecule has 0 saturated carbocycles.